The minimum atomic E-state index is -0.0197. The van der Waals surface area contributed by atoms with Crippen molar-refractivity contribution in [2.45, 2.75) is 46.3 Å². The van der Waals surface area contributed by atoms with Gasteiger partial charge in [-0.25, -0.2) is 4.99 Å². The predicted molar refractivity (Wildman–Crippen MR) is 51.4 cm³/mol. The van der Waals surface area contributed by atoms with E-state index in [2.05, 4.69) is 39.6 Å². The third-order valence-electron chi connectivity index (χ3n) is 2.89. The summed E-state index contributed by atoms with van der Waals surface area (Å²) in [5, 5.41) is 0. The predicted octanol–water partition coefficient (Wildman–Crippen LogP) is 2.48. The van der Waals surface area contributed by atoms with Crippen LogP contribution in [-0.2, 0) is 4.74 Å². The second kappa shape index (κ2) is 3.08. The van der Waals surface area contributed by atoms with E-state index in [9.17, 15) is 0 Å². The van der Waals surface area contributed by atoms with E-state index in [4.69, 9.17) is 4.74 Å². The molecule has 2 nitrogen and oxygen atoms in total. The molecule has 0 spiro atoms. The van der Waals surface area contributed by atoms with Gasteiger partial charge in [-0.3, -0.25) is 0 Å². The zero-order valence-electron chi connectivity index (χ0n) is 8.66. The van der Waals surface area contributed by atoms with Crippen molar-refractivity contribution in [1.29, 1.82) is 0 Å². The summed E-state index contributed by atoms with van der Waals surface area (Å²) in [5.41, 5.74) is -0.0197. The number of hydrogen-bond acceptors (Lipinski definition) is 2. The normalized spacial score (nSPS) is 34.8. The van der Waals surface area contributed by atoms with Gasteiger partial charge in [-0.05, 0) is 18.8 Å². The van der Waals surface area contributed by atoms with Crippen LogP contribution >= 0.6 is 0 Å². The summed E-state index contributed by atoms with van der Waals surface area (Å²) >= 11 is 0. The summed E-state index contributed by atoms with van der Waals surface area (Å²) in [6.45, 7) is 10.9. The Morgan fingerprint density at radius 3 is 2.25 bits per heavy atom. The highest BCUT2D eigenvalue weighted by Crippen LogP contribution is 2.34. The summed E-state index contributed by atoms with van der Waals surface area (Å²) < 4.78 is 5.50. The Morgan fingerprint density at radius 2 is 1.92 bits per heavy atom. The van der Waals surface area contributed by atoms with Crippen molar-refractivity contribution in [3.63, 3.8) is 0 Å². The summed E-state index contributed by atoms with van der Waals surface area (Å²) in [5.74, 6) is 1.06. The maximum absolute atomic E-state index is 5.50. The van der Waals surface area contributed by atoms with Gasteiger partial charge in [0, 0.05) is 0 Å². The Bertz CT molecular complexity index is 186. The van der Waals surface area contributed by atoms with Crippen molar-refractivity contribution < 1.29 is 4.74 Å². The molecular weight excluding hydrogens is 150 g/mol. The van der Waals surface area contributed by atoms with Crippen molar-refractivity contribution >= 4 is 6.40 Å². The number of nitrogens with zero attached hydrogens (tertiary/aromatic N) is 1. The molecule has 1 aliphatic rings. The fourth-order valence-electron chi connectivity index (χ4n) is 1.73. The summed E-state index contributed by atoms with van der Waals surface area (Å²) in [7, 11) is 0. The molecule has 0 saturated carbocycles. The maximum atomic E-state index is 5.50. The molecular formula is C10H19NO. The molecule has 1 unspecified atom stereocenters. The lowest BCUT2D eigenvalue weighted by molar-refractivity contribution is 0.0785. The lowest BCUT2D eigenvalue weighted by atomic mass is 9.79. The fourth-order valence-corrected chi connectivity index (χ4v) is 1.73. The largest absolute Gasteiger partial charge is 0.478 e. The molecule has 0 fully saturated rings. The zero-order chi connectivity index (χ0) is 9.35. The second-order valence-electron chi connectivity index (χ2n) is 4.42. The van der Waals surface area contributed by atoms with Crippen molar-refractivity contribution in [2.75, 3.05) is 0 Å². The average molecular weight is 169 g/mol. The Balaban J connectivity index is 2.80. The van der Waals surface area contributed by atoms with Gasteiger partial charge in [0.05, 0.1) is 0 Å². The van der Waals surface area contributed by atoms with Gasteiger partial charge in [0.15, 0.2) is 6.40 Å². The third kappa shape index (κ3) is 1.35. The molecule has 0 aromatic carbocycles. The molecule has 1 aliphatic heterocycles. The van der Waals surface area contributed by atoms with Crippen molar-refractivity contribution in [3.05, 3.63) is 0 Å². The lowest BCUT2D eigenvalue weighted by Gasteiger charge is -2.33. The Morgan fingerprint density at radius 1 is 1.33 bits per heavy atom. The number of aliphatic imine (C=N–C) groups is 1. The van der Waals surface area contributed by atoms with Crippen LogP contribution in [0.15, 0.2) is 4.99 Å². The highest BCUT2D eigenvalue weighted by atomic mass is 16.5. The zero-order valence-corrected chi connectivity index (χ0v) is 8.66. The molecule has 0 radical (unpaired) electrons. The van der Waals surface area contributed by atoms with Gasteiger partial charge in [-0.2, -0.15) is 0 Å². The number of ether oxygens (including phenoxy) is 1. The molecule has 70 valence electrons. The van der Waals surface area contributed by atoms with Crippen LogP contribution in [0.25, 0.3) is 0 Å². The van der Waals surface area contributed by atoms with Gasteiger partial charge in [-0.15, -0.1) is 0 Å². The summed E-state index contributed by atoms with van der Waals surface area (Å²) in [6.07, 6.45) is 1.86. The lowest BCUT2D eigenvalue weighted by Crippen LogP contribution is -2.43. The third-order valence-corrected chi connectivity index (χ3v) is 2.89. The van der Waals surface area contributed by atoms with E-state index in [-0.39, 0.29) is 11.6 Å². The SMILES string of the molecule is CC(C)C1OC=N[C@@]1(C)C(C)C. The van der Waals surface area contributed by atoms with E-state index >= 15 is 0 Å². The summed E-state index contributed by atoms with van der Waals surface area (Å²) in [6, 6.07) is 0. The van der Waals surface area contributed by atoms with E-state index < -0.39 is 0 Å². The van der Waals surface area contributed by atoms with Crippen LogP contribution in [-0.4, -0.2) is 18.0 Å². The first kappa shape index (κ1) is 9.56. The second-order valence-corrected chi connectivity index (χ2v) is 4.42. The minimum Gasteiger partial charge on any atom is -0.478 e. The van der Waals surface area contributed by atoms with Crippen LogP contribution in [0.2, 0.25) is 0 Å². The van der Waals surface area contributed by atoms with Gasteiger partial charge in [0.2, 0.25) is 0 Å². The topological polar surface area (TPSA) is 21.6 Å². The molecule has 0 N–H and O–H groups in total. The first-order chi connectivity index (χ1) is 5.48. The molecule has 0 amide bonds. The molecule has 0 saturated heterocycles. The minimum absolute atomic E-state index is 0.0197. The van der Waals surface area contributed by atoms with Crippen LogP contribution in [0.1, 0.15) is 34.6 Å². The van der Waals surface area contributed by atoms with Crippen molar-refractivity contribution in [2.24, 2.45) is 16.8 Å². The van der Waals surface area contributed by atoms with E-state index in [1.54, 1.807) is 6.40 Å². The average Bonchev–Trinajstić information content (AvgIpc) is 2.32. The van der Waals surface area contributed by atoms with Crippen molar-refractivity contribution in [1.82, 2.24) is 0 Å². The van der Waals surface area contributed by atoms with E-state index in [0.29, 0.717) is 11.8 Å². The Kier molecular flexibility index (Phi) is 2.45. The van der Waals surface area contributed by atoms with Gasteiger partial charge in [-0.1, -0.05) is 27.7 Å². The van der Waals surface area contributed by atoms with Gasteiger partial charge >= 0.3 is 0 Å². The quantitative estimate of drug-likeness (QED) is 0.622. The smallest absolute Gasteiger partial charge is 0.170 e. The maximum Gasteiger partial charge on any atom is 0.170 e. The van der Waals surface area contributed by atoms with Crippen LogP contribution in [0.4, 0.5) is 0 Å². The molecule has 0 bridgehead atoms. The Hall–Kier alpha value is -0.530. The van der Waals surface area contributed by atoms with Gasteiger partial charge in [0.25, 0.3) is 0 Å². The van der Waals surface area contributed by atoms with Crippen LogP contribution in [0, 0.1) is 11.8 Å². The van der Waals surface area contributed by atoms with E-state index in [1.165, 1.54) is 0 Å². The van der Waals surface area contributed by atoms with E-state index in [1.807, 2.05) is 0 Å². The Labute approximate surface area is 75.0 Å². The molecule has 1 heterocycles. The number of rotatable bonds is 2. The van der Waals surface area contributed by atoms with Gasteiger partial charge < -0.3 is 4.74 Å². The molecule has 12 heavy (non-hydrogen) atoms. The van der Waals surface area contributed by atoms with Crippen LogP contribution in [0.3, 0.4) is 0 Å². The first-order valence-corrected chi connectivity index (χ1v) is 4.67. The standard InChI is InChI=1S/C10H19NO/c1-7(2)9-10(5,8(3)4)11-6-12-9/h6-9H,1-5H3/t9?,10-/m0/s1. The molecule has 0 aliphatic carbocycles. The molecule has 2 heteroatoms. The molecule has 0 aromatic rings. The summed E-state index contributed by atoms with van der Waals surface area (Å²) in [4.78, 5) is 4.42. The van der Waals surface area contributed by atoms with Crippen LogP contribution in [0.5, 0.6) is 0 Å². The number of hydrogen-bond donors (Lipinski definition) is 0. The van der Waals surface area contributed by atoms with Crippen LogP contribution < -0.4 is 0 Å². The van der Waals surface area contributed by atoms with Crippen molar-refractivity contribution in [3.8, 4) is 0 Å². The highest BCUT2D eigenvalue weighted by Gasteiger charge is 2.42. The monoisotopic (exact) mass is 169 g/mol. The highest BCUT2D eigenvalue weighted by molar-refractivity contribution is 5.51. The first-order valence-electron chi connectivity index (χ1n) is 4.67. The molecule has 2 atom stereocenters. The molecule has 0 aromatic heterocycles. The molecule has 1 rings (SSSR count). The van der Waals surface area contributed by atoms with Gasteiger partial charge in [0.1, 0.15) is 11.6 Å². The van der Waals surface area contributed by atoms with E-state index in [0.717, 1.165) is 0 Å². The fraction of sp³-hybridized carbons (Fsp3) is 0.900.